The Morgan fingerprint density at radius 2 is 2.11 bits per heavy atom. The number of hydrogen-bond donors (Lipinski definition) is 1. The summed E-state index contributed by atoms with van der Waals surface area (Å²) in [6.45, 7) is 4.25. The Hall–Kier alpha value is -2.12. The molecule has 0 radical (unpaired) electrons. The smallest absolute Gasteiger partial charge is 0.114 e. The van der Waals surface area contributed by atoms with E-state index in [1.165, 1.54) is 0 Å². The number of rotatable bonds is 3. The number of nitrogens with two attached hydrogens (primary N) is 1. The Morgan fingerprint density at radius 3 is 2.68 bits per heavy atom. The Morgan fingerprint density at radius 1 is 1.42 bits per heavy atom. The molecule has 1 heterocycles. The van der Waals surface area contributed by atoms with Crippen LogP contribution in [-0.2, 0) is 0 Å². The maximum absolute atomic E-state index is 9.05. The van der Waals surface area contributed by atoms with E-state index in [0.717, 1.165) is 16.5 Å². The summed E-state index contributed by atoms with van der Waals surface area (Å²) in [6, 6.07) is 10.5. The lowest BCUT2D eigenvalue weighted by atomic mass is 10.1. The van der Waals surface area contributed by atoms with Gasteiger partial charge in [0.15, 0.2) is 0 Å². The van der Waals surface area contributed by atoms with Gasteiger partial charge < -0.3 is 10.3 Å². The van der Waals surface area contributed by atoms with Crippen molar-refractivity contribution in [2.75, 3.05) is 0 Å². The van der Waals surface area contributed by atoms with Crippen molar-refractivity contribution < 1.29 is 0 Å². The minimum atomic E-state index is 0.129. The fourth-order valence-corrected chi connectivity index (χ4v) is 2.19. The van der Waals surface area contributed by atoms with E-state index in [2.05, 4.69) is 24.5 Å². The van der Waals surface area contributed by atoms with E-state index in [0.29, 0.717) is 11.6 Å². The van der Waals surface area contributed by atoms with E-state index in [4.69, 9.17) is 23.2 Å². The fraction of sp³-hybridized carbons (Fsp3) is 0.200. The lowest BCUT2D eigenvalue weighted by Crippen LogP contribution is -2.09. The molecule has 0 spiro atoms. The number of benzene rings is 1. The molecule has 0 aliphatic carbocycles. The van der Waals surface area contributed by atoms with E-state index in [9.17, 15) is 0 Å². The average molecular weight is 269 g/mol. The van der Waals surface area contributed by atoms with Crippen molar-refractivity contribution in [1.29, 1.82) is 5.26 Å². The Kier molecular flexibility index (Phi) is 3.68. The minimum Gasteiger partial charge on any atom is -0.389 e. The van der Waals surface area contributed by atoms with Crippen molar-refractivity contribution >= 4 is 34.2 Å². The highest BCUT2D eigenvalue weighted by molar-refractivity contribution is 7.80. The lowest BCUT2D eigenvalue weighted by molar-refractivity contribution is 0.622. The van der Waals surface area contributed by atoms with E-state index in [-0.39, 0.29) is 4.99 Å². The number of fused-ring (bicyclic) bond motifs is 1. The first kappa shape index (κ1) is 13.3. The standard InChI is InChI=1S/C15H15N3S/c1-10(2)18-9-12(7-11(8-16)15(17)19)13-5-3-4-6-14(13)18/h3-7,9-10H,1-2H3,(H2,17,19)/b11-7+. The molecule has 3 nitrogen and oxygen atoms in total. The summed E-state index contributed by atoms with van der Waals surface area (Å²) in [5, 5.41) is 10.2. The zero-order chi connectivity index (χ0) is 14.0. The first-order valence-electron chi connectivity index (χ1n) is 6.05. The van der Waals surface area contributed by atoms with Crippen molar-refractivity contribution in [1.82, 2.24) is 4.57 Å². The van der Waals surface area contributed by atoms with Crippen LogP contribution in [0.3, 0.4) is 0 Å². The van der Waals surface area contributed by atoms with Crippen LogP contribution in [0.4, 0.5) is 0 Å². The van der Waals surface area contributed by atoms with Gasteiger partial charge in [0.25, 0.3) is 0 Å². The second kappa shape index (κ2) is 5.25. The molecule has 4 heteroatoms. The molecule has 2 aromatic rings. The third-order valence-electron chi connectivity index (χ3n) is 3.01. The molecular formula is C15H15N3S. The quantitative estimate of drug-likeness (QED) is 0.528. The largest absolute Gasteiger partial charge is 0.389 e. The predicted octanol–water partition coefficient (Wildman–Crippen LogP) is 3.42. The molecule has 96 valence electrons. The molecule has 19 heavy (non-hydrogen) atoms. The number of thiocarbonyl (C=S) groups is 1. The molecule has 0 aliphatic rings. The topological polar surface area (TPSA) is 54.7 Å². The summed E-state index contributed by atoms with van der Waals surface area (Å²) >= 11 is 4.88. The Bertz CT molecular complexity index is 702. The van der Waals surface area contributed by atoms with Gasteiger partial charge >= 0.3 is 0 Å². The van der Waals surface area contributed by atoms with Crippen LogP contribution in [-0.4, -0.2) is 9.56 Å². The van der Waals surface area contributed by atoms with Crippen LogP contribution >= 0.6 is 12.2 Å². The molecular weight excluding hydrogens is 254 g/mol. The molecule has 0 aliphatic heterocycles. The monoisotopic (exact) mass is 269 g/mol. The van der Waals surface area contributed by atoms with Gasteiger partial charge in [0.1, 0.15) is 11.1 Å². The highest BCUT2D eigenvalue weighted by atomic mass is 32.1. The van der Waals surface area contributed by atoms with E-state index < -0.39 is 0 Å². The summed E-state index contributed by atoms with van der Waals surface area (Å²) in [5.41, 5.74) is 7.98. The van der Waals surface area contributed by atoms with Crippen LogP contribution in [0.5, 0.6) is 0 Å². The first-order chi connectivity index (χ1) is 9.04. The van der Waals surface area contributed by atoms with Crippen LogP contribution in [0.2, 0.25) is 0 Å². The number of hydrogen-bond acceptors (Lipinski definition) is 2. The van der Waals surface area contributed by atoms with Gasteiger partial charge in [0.2, 0.25) is 0 Å². The molecule has 0 unspecified atom stereocenters. The van der Waals surface area contributed by atoms with Gasteiger partial charge in [-0.3, -0.25) is 0 Å². The summed E-state index contributed by atoms with van der Waals surface area (Å²) < 4.78 is 2.18. The number of aromatic nitrogens is 1. The van der Waals surface area contributed by atoms with Crippen LogP contribution in [0.25, 0.3) is 17.0 Å². The lowest BCUT2D eigenvalue weighted by Gasteiger charge is -2.08. The highest BCUT2D eigenvalue weighted by Crippen LogP contribution is 2.26. The Balaban J connectivity index is 2.69. The first-order valence-corrected chi connectivity index (χ1v) is 6.46. The van der Waals surface area contributed by atoms with Crippen molar-refractivity contribution in [3.63, 3.8) is 0 Å². The van der Waals surface area contributed by atoms with Gasteiger partial charge in [0, 0.05) is 28.7 Å². The molecule has 0 bridgehead atoms. The van der Waals surface area contributed by atoms with Gasteiger partial charge in [-0.1, -0.05) is 30.4 Å². The number of nitriles is 1. The number of para-hydroxylation sites is 1. The van der Waals surface area contributed by atoms with Gasteiger partial charge in [-0.15, -0.1) is 0 Å². The molecule has 0 saturated carbocycles. The van der Waals surface area contributed by atoms with Crippen molar-refractivity contribution in [3.05, 3.63) is 41.6 Å². The summed E-state index contributed by atoms with van der Waals surface area (Å²) in [4.78, 5) is 0.129. The predicted molar refractivity (Wildman–Crippen MR) is 82.7 cm³/mol. The SMILES string of the molecule is CC(C)n1cc(/C=C(\C#N)C(N)=S)c2ccccc21. The van der Waals surface area contributed by atoms with E-state index in [1.807, 2.05) is 30.5 Å². The number of nitrogens with zero attached hydrogens (tertiary/aromatic N) is 2. The van der Waals surface area contributed by atoms with Crippen LogP contribution in [0.1, 0.15) is 25.5 Å². The summed E-state index contributed by atoms with van der Waals surface area (Å²) in [7, 11) is 0. The minimum absolute atomic E-state index is 0.129. The maximum atomic E-state index is 9.05. The highest BCUT2D eigenvalue weighted by Gasteiger charge is 2.10. The second-order valence-electron chi connectivity index (χ2n) is 4.64. The summed E-state index contributed by atoms with van der Waals surface area (Å²) in [6.07, 6.45) is 3.79. The third kappa shape index (κ3) is 2.51. The van der Waals surface area contributed by atoms with Crippen molar-refractivity contribution in [3.8, 4) is 6.07 Å². The van der Waals surface area contributed by atoms with Crippen LogP contribution in [0, 0.1) is 11.3 Å². The van der Waals surface area contributed by atoms with Gasteiger partial charge in [-0.05, 0) is 26.0 Å². The molecule has 0 saturated heterocycles. The van der Waals surface area contributed by atoms with Gasteiger partial charge in [-0.25, -0.2) is 0 Å². The zero-order valence-electron chi connectivity index (χ0n) is 10.9. The molecule has 2 N–H and O–H groups in total. The Labute approximate surface area is 117 Å². The zero-order valence-corrected chi connectivity index (χ0v) is 11.7. The van der Waals surface area contributed by atoms with E-state index >= 15 is 0 Å². The molecule has 0 amide bonds. The fourth-order valence-electron chi connectivity index (χ4n) is 2.09. The molecule has 1 aromatic carbocycles. The molecule has 0 atom stereocenters. The normalized spacial score (nSPS) is 11.8. The molecule has 0 fully saturated rings. The molecule has 2 rings (SSSR count). The average Bonchev–Trinajstić information content (AvgIpc) is 2.74. The maximum Gasteiger partial charge on any atom is 0.114 e. The van der Waals surface area contributed by atoms with Gasteiger partial charge in [0.05, 0.1) is 5.57 Å². The second-order valence-corrected chi connectivity index (χ2v) is 5.08. The van der Waals surface area contributed by atoms with Crippen molar-refractivity contribution in [2.45, 2.75) is 19.9 Å². The summed E-state index contributed by atoms with van der Waals surface area (Å²) in [5.74, 6) is 0. The molecule has 1 aromatic heterocycles. The van der Waals surface area contributed by atoms with Crippen LogP contribution in [0.15, 0.2) is 36.0 Å². The third-order valence-corrected chi connectivity index (χ3v) is 3.23. The van der Waals surface area contributed by atoms with Gasteiger partial charge in [-0.2, -0.15) is 5.26 Å². The van der Waals surface area contributed by atoms with E-state index in [1.54, 1.807) is 6.08 Å². The van der Waals surface area contributed by atoms with Crippen molar-refractivity contribution in [2.24, 2.45) is 5.73 Å². The van der Waals surface area contributed by atoms with Crippen LogP contribution < -0.4 is 5.73 Å².